The van der Waals surface area contributed by atoms with Crippen LogP contribution in [0.15, 0.2) is 18.3 Å². The largest absolute Gasteiger partial charge is 0.467 e. The van der Waals surface area contributed by atoms with E-state index in [1.54, 1.807) is 4.90 Å². The molecule has 0 bridgehead atoms. The summed E-state index contributed by atoms with van der Waals surface area (Å²) >= 11 is 0. The van der Waals surface area contributed by atoms with Gasteiger partial charge in [0.15, 0.2) is 6.61 Å². The van der Waals surface area contributed by atoms with E-state index in [1.807, 2.05) is 0 Å². The topological polar surface area (TPSA) is 62.7 Å². The van der Waals surface area contributed by atoms with Gasteiger partial charge in [-0.1, -0.05) is 12.8 Å². The van der Waals surface area contributed by atoms with E-state index in [2.05, 4.69) is 4.98 Å². The molecule has 1 aliphatic carbocycles. The number of alkyl halides is 3. The van der Waals surface area contributed by atoms with Crippen LogP contribution in [0.2, 0.25) is 0 Å². The molecule has 0 N–H and O–H groups in total. The quantitative estimate of drug-likeness (QED) is 0.799. The first-order chi connectivity index (χ1) is 12.8. The highest BCUT2D eigenvalue weighted by molar-refractivity contribution is 5.96. The molecule has 2 fully saturated rings. The minimum atomic E-state index is -4.51. The van der Waals surface area contributed by atoms with Crippen molar-refractivity contribution >= 4 is 11.8 Å². The summed E-state index contributed by atoms with van der Waals surface area (Å²) in [5, 5.41) is 0. The van der Waals surface area contributed by atoms with E-state index in [1.165, 1.54) is 23.2 Å². The molecule has 9 heteroatoms. The summed E-state index contributed by atoms with van der Waals surface area (Å²) in [6, 6.07) is 2.88. The van der Waals surface area contributed by atoms with Gasteiger partial charge in [0.1, 0.15) is 5.56 Å². The Bertz CT molecular complexity index is 682. The number of ether oxygens (including phenoxy) is 1. The Hall–Kier alpha value is -2.32. The predicted octanol–water partition coefficient (Wildman–Crippen LogP) is 2.50. The minimum Gasteiger partial charge on any atom is -0.467 e. The fraction of sp³-hybridized carbons (Fsp3) is 0.611. The van der Waals surface area contributed by atoms with E-state index < -0.39 is 18.7 Å². The lowest BCUT2D eigenvalue weighted by Crippen LogP contribution is -2.51. The Morgan fingerprint density at radius 1 is 1.11 bits per heavy atom. The Labute approximate surface area is 155 Å². The summed E-state index contributed by atoms with van der Waals surface area (Å²) in [6.45, 7) is 0.0317. The third-order valence-corrected chi connectivity index (χ3v) is 4.96. The van der Waals surface area contributed by atoms with Crippen molar-refractivity contribution in [1.82, 2.24) is 14.8 Å². The van der Waals surface area contributed by atoms with Crippen molar-refractivity contribution in [3.63, 3.8) is 0 Å². The van der Waals surface area contributed by atoms with Gasteiger partial charge in [-0.15, -0.1) is 0 Å². The summed E-state index contributed by atoms with van der Waals surface area (Å²) in [5.41, 5.74) is -0.00248. The molecule has 1 aromatic heterocycles. The molecule has 2 aliphatic rings. The molecule has 1 saturated heterocycles. The second-order valence-electron chi connectivity index (χ2n) is 6.86. The van der Waals surface area contributed by atoms with Crippen LogP contribution >= 0.6 is 0 Å². The summed E-state index contributed by atoms with van der Waals surface area (Å²) in [5.74, 6) is -0.527. The highest BCUT2D eigenvalue weighted by Gasteiger charge is 2.33. The lowest BCUT2D eigenvalue weighted by molar-refractivity contribution is -0.154. The highest BCUT2D eigenvalue weighted by atomic mass is 19.4. The molecule has 0 atom stereocenters. The van der Waals surface area contributed by atoms with Gasteiger partial charge in [-0.05, 0) is 25.0 Å². The van der Waals surface area contributed by atoms with Crippen LogP contribution in [0.3, 0.4) is 0 Å². The third kappa shape index (κ3) is 4.90. The number of nitrogens with zero attached hydrogens (tertiary/aromatic N) is 3. The second-order valence-corrected chi connectivity index (χ2v) is 6.86. The molecule has 0 radical (unpaired) electrons. The van der Waals surface area contributed by atoms with Crippen LogP contribution < -0.4 is 4.74 Å². The Balaban J connectivity index is 1.60. The van der Waals surface area contributed by atoms with Crippen LogP contribution in [0.4, 0.5) is 13.2 Å². The van der Waals surface area contributed by atoms with Gasteiger partial charge in [-0.2, -0.15) is 13.2 Å². The Morgan fingerprint density at radius 2 is 1.74 bits per heavy atom. The maximum atomic E-state index is 12.7. The van der Waals surface area contributed by atoms with Gasteiger partial charge in [-0.3, -0.25) is 9.59 Å². The van der Waals surface area contributed by atoms with Crippen LogP contribution in [0.25, 0.3) is 0 Å². The molecule has 6 nitrogen and oxygen atoms in total. The lowest BCUT2D eigenvalue weighted by atomic mass is 10.1. The number of hydrogen-bond donors (Lipinski definition) is 0. The predicted molar refractivity (Wildman–Crippen MR) is 90.2 cm³/mol. The average Bonchev–Trinajstić information content (AvgIpc) is 3.20. The normalized spacial score (nSPS) is 18.6. The molecule has 0 spiro atoms. The summed E-state index contributed by atoms with van der Waals surface area (Å²) < 4.78 is 41.9. The van der Waals surface area contributed by atoms with Crippen molar-refractivity contribution in [2.45, 2.75) is 31.9 Å². The van der Waals surface area contributed by atoms with Crippen molar-refractivity contribution in [3.05, 3.63) is 23.9 Å². The molecule has 2 amide bonds. The smallest absolute Gasteiger partial charge is 0.422 e. The van der Waals surface area contributed by atoms with E-state index in [9.17, 15) is 22.8 Å². The van der Waals surface area contributed by atoms with Crippen molar-refractivity contribution in [1.29, 1.82) is 0 Å². The summed E-state index contributed by atoms with van der Waals surface area (Å²) in [7, 11) is 0. The van der Waals surface area contributed by atoms with Crippen LogP contribution in [0, 0.1) is 5.92 Å². The lowest BCUT2D eigenvalue weighted by Gasteiger charge is -2.36. The fourth-order valence-electron chi connectivity index (χ4n) is 3.55. The number of pyridine rings is 1. The SMILES string of the molecule is O=C(c1cccnc1OCC(F)(F)F)N1CCN(C(=O)C2CCCC2)CC1. The van der Waals surface area contributed by atoms with Crippen molar-refractivity contribution in [3.8, 4) is 5.88 Å². The van der Waals surface area contributed by atoms with Crippen molar-refractivity contribution in [2.24, 2.45) is 5.92 Å². The first-order valence-electron chi connectivity index (χ1n) is 9.08. The molecule has 1 aromatic rings. The standard InChI is InChI=1S/C18H22F3N3O3/c19-18(20,21)12-27-15-14(6-3-7-22-15)17(26)24-10-8-23(9-11-24)16(25)13-4-1-2-5-13/h3,6-7,13H,1-2,4-5,8-12H2. The minimum absolute atomic E-state index is 0.00248. The fourth-order valence-corrected chi connectivity index (χ4v) is 3.55. The molecule has 0 aromatic carbocycles. The third-order valence-electron chi connectivity index (χ3n) is 4.96. The number of piperazine rings is 1. The van der Waals surface area contributed by atoms with Gasteiger partial charge in [0.25, 0.3) is 5.91 Å². The molecule has 1 saturated carbocycles. The van der Waals surface area contributed by atoms with Gasteiger partial charge in [0, 0.05) is 38.3 Å². The van der Waals surface area contributed by atoms with Crippen LogP contribution in [0.1, 0.15) is 36.0 Å². The van der Waals surface area contributed by atoms with E-state index in [4.69, 9.17) is 4.74 Å². The molecular formula is C18H22F3N3O3. The highest BCUT2D eigenvalue weighted by Crippen LogP contribution is 2.27. The number of rotatable bonds is 4. The van der Waals surface area contributed by atoms with Gasteiger partial charge in [0.05, 0.1) is 0 Å². The first kappa shape index (κ1) is 19.4. The molecule has 148 valence electrons. The second kappa shape index (κ2) is 8.14. The summed E-state index contributed by atoms with van der Waals surface area (Å²) in [6.07, 6.45) is 0.777. The van der Waals surface area contributed by atoms with Crippen LogP contribution in [-0.4, -0.2) is 65.6 Å². The Morgan fingerprint density at radius 3 is 2.37 bits per heavy atom. The van der Waals surface area contributed by atoms with E-state index in [0.29, 0.717) is 26.2 Å². The number of carbonyl (C=O) groups excluding carboxylic acids is 2. The maximum Gasteiger partial charge on any atom is 0.422 e. The molecule has 2 heterocycles. The molecule has 1 aliphatic heterocycles. The van der Waals surface area contributed by atoms with E-state index in [-0.39, 0.29) is 23.3 Å². The molecular weight excluding hydrogens is 363 g/mol. The molecule has 3 rings (SSSR count). The van der Waals surface area contributed by atoms with Crippen LogP contribution in [0.5, 0.6) is 5.88 Å². The number of carbonyl (C=O) groups is 2. The maximum absolute atomic E-state index is 12.7. The zero-order valence-corrected chi connectivity index (χ0v) is 14.9. The van der Waals surface area contributed by atoms with Crippen molar-refractivity contribution in [2.75, 3.05) is 32.8 Å². The zero-order valence-electron chi connectivity index (χ0n) is 14.9. The number of halogens is 3. The van der Waals surface area contributed by atoms with Gasteiger partial charge < -0.3 is 14.5 Å². The zero-order chi connectivity index (χ0) is 19.4. The number of hydrogen-bond acceptors (Lipinski definition) is 4. The van der Waals surface area contributed by atoms with Gasteiger partial charge in [0.2, 0.25) is 11.8 Å². The molecule has 0 unspecified atom stereocenters. The van der Waals surface area contributed by atoms with Crippen molar-refractivity contribution < 1.29 is 27.5 Å². The number of amides is 2. The first-order valence-corrected chi connectivity index (χ1v) is 9.08. The Kier molecular flexibility index (Phi) is 5.86. The van der Waals surface area contributed by atoms with E-state index in [0.717, 1.165) is 25.7 Å². The van der Waals surface area contributed by atoms with Crippen LogP contribution in [-0.2, 0) is 4.79 Å². The molecule has 27 heavy (non-hydrogen) atoms. The summed E-state index contributed by atoms with van der Waals surface area (Å²) in [4.78, 5) is 32.2. The van der Waals surface area contributed by atoms with Gasteiger partial charge in [-0.25, -0.2) is 4.98 Å². The monoisotopic (exact) mass is 385 g/mol. The average molecular weight is 385 g/mol. The van der Waals surface area contributed by atoms with E-state index >= 15 is 0 Å². The van der Waals surface area contributed by atoms with Gasteiger partial charge >= 0.3 is 6.18 Å². The number of aromatic nitrogens is 1.